The predicted octanol–water partition coefficient (Wildman–Crippen LogP) is 3.41. The molecule has 25 heavy (non-hydrogen) atoms. The van der Waals surface area contributed by atoms with Crippen molar-refractivity contribution in [3.63, 3.8) is 0 Å². The Bertz CT molecular complexity index is 854. The number of benzene rings is 1. The van der Waals surface area contributed by atoms with Gasteiger partial charge >= 0.3 is 6.01 Å². The summed E-state index contributed by atoms with van der Waals surface area (Å²) in [6, 6.07) is 9.96. The molecule has 0 bridgehead atoms. The molecule has 2 aromatic heterocycles. The zero-order valence-electron chi connectivity index (χ0n) is 14.3. The van der Waals surface area contributed by atoms with E-state index in [9.17, 15) is 4.79 Å². The summed E-state index contributed by atoms with van der Waals surface area (Å²) in [6.45, 7) is 3.91. The third-order valence-electron chi connectivity index (χ3n) is 3.59. The second-order valence-corrected chi connectivity index (χ2v) is 6.61. The van der Waals surface area contributed by atoms with Crippen molar-refractivity contribution in [2.75, 3.05) is 11.6 Å². The lowest BCUT2D eigenvalue weighted by Crippen LogP contribution is -2.19. The molecule has 0 saturated heterocycles. The molecule has 0 spiro atoms. The van der Waals surface area contributed by atoms with Gasteiger partial charge < -0.3 is 4.42 Å². The van der Waals surface area contributed by atoms with Gasteiger partial charge in [0.1, 0.15) is 5.69 Å². The molecule has 0 radical (unpaired) electrons. The number of aromatic nitrogens is 4. The van der Waals surface area contributed by atoms with Crippen LogP contribution in [0.5, 0.6) is 0 Å². The summed E-state index contributed by atoms with van der Waals surface area (Å²) in [5.74, 6) is 0.121. The monoisotopic (exact) mass is 357 g/mol. The highest BCUT2D eigenvalue weighted by Gasteiger charge is 2.17. The van der Waals surface area contributed by atoms with Crippen molar-refractivity contribution in [1.82, 2.24) is 20.0 Å². The summed E-state index contributed by atoms with van der Waals surface area (Å²) < 4.78 is 7.16. The van der Waals surface area contributed by atoms with Gasteiger partial charge in [-0.25, -0.2) is 0 Å². The van der Waals surface area contributed by atoms with Crippen LogP contribution in [-0.2, 0) is 6.42 Å². The highest BCUT2D eigenvalue weighted by molar-refractivity contribution is 7.98. The fourth-order valence-electron chi connectivity index (χ4n) is 2.36. The van der Waals surface area contributed by atoms with Crippen LogP contribution in [0.25, 0.3) is 0 Å². The number of nitrogens with zero attached hydrogens (tertiary/aromatic N) is 4. The summed E-state index contributed by atoms with van der Waals surface area (Å²) in [5, 5.41) is 14.6. The zero-order valence-corrected chi connectivity index (χ0v) is 15.1. The Morgan fingerprint density at radius 2 is 2.00 bits per heavy atom. The molecule has 2 heterocycles. The van der Waals surface area contributed by atoms with Gasteiger partial charge in [-0.2, -0.15) is 5.10 Å². The lowest BCUT2D eigenvalue weighted by atomic mass is 10.1. The average molecular weight is 357 g/mol. The number of hydrogen-bond donors (Lipinski definition) is 1. The number of carbonyl (C=O) groups excluding carboxylic acids is 1. The van der Waals surface area contributed by atoms with E-state index in [1.165, 1.54) is 4.90 Å². The Kier molecular flexibility index (Phi) is 5.18. The summed E-state index contributed by atoms with van der Waals surface area (Å²) in [5.41, 5.74) is 1.51. The van der Waals surface area contributed by atoms with Crippen molar-refractivity contribution in [2.45, 2.75) is 31.2 Å². The molecule has 7 nitrogen and oxygen atoms in total. The van der Waals surface area contributed by atoms with E-state index in [4.69, 9.17) is 4.42 Å². The van der Waals surface area contributed by atoms with E-state index < -0.39 is 0 Å². The number of carbonyl (C=O) groups is 1. The van der Waals surface area contributed by atoms with Crippen molar-refractivity contribution in [1.29, 1.82) is 0 Å². The number of nitrogens with one attached hydrogen (secondary N) is 1. The van der Waals surface area contributed by atoms with Gasteiger partial charge in [-0.1, -0.05) is 17.2 Å². The van der Waals surface area contributed by atoms with Crippen LogP contribution in [0.4, 0.5) is 6.01 Å². The van der Waals surface area contributed by atoms with E-state index in [-0.39, 0.29) is 18.0 Å². The maximum absolute atomic E-state index is 12.3. The number of amides is 1. The first-order chi connectivity index (χ1) is 12.1. The maximum Gasteiger partial charge on any atom is 0.322 e. The van der Waals surface area contributed by atoms with Gasteiger partial charge in [-0.05, 0) is 43.9 Å². The molecule has 0 atom stereocenters. The van der Waals surface area contributed by atoms with Crippen molar-refractivity contribution < 1.29 is 9.21 Å². The number of hydrogen-bond acceptors (Lipinski definition) is 6. The van der Waals surface area contributed by atoms with E-state index in [2.05, 4.69) is 20.6 Å². The highest BCUT2D eigenvalue weighted by Crippen LogP contribution is 2.18. The second-order valence-electron chi connectivity index (χ2n) is 5.73. The predicted molar refractivity (Wildman–Crippen MR) is 95.9 cm³/mol. The van der Waals surface area contributed by atoms with Crippen molar-refractivity contribution in [2.24, 2.45) is 0 Å². The molecule has 0 aliphatic heterocycles. The number of anilines is 1. The van der Waals surface area contributed by atoms with E-state index in [0.717, 1.165) is 5.56 Å². The number of thioether (sulfide) groups is 1. The van der Waals surface area contributed by atoms with Gasteiger partial charge in [0.25, 0.3) is 5.91 Å². The van der Waals surface area contributed by atoms with Crippen LogP contribution in [0.15, 0.2) is 45.8 Å². The number of rotatable bonds is 6. The van der Waals surface area contributed by atoms with Crippen molar-refractivity contribution in [3.05, 3.63) is 53.7 Å². The van der Waals surface area contributed by atoms with E-state index in [0.29, 0.717) is 18.0 Å². The quantitative estimate of drug-likeness (QED) is 0.680. The molecular formula is C17H19N5O2S. The zero-order chi connectivity index (χ0) is 17.8. The lowest BCUT2D eigenvalue weighted by Gasteiger charge is -2.09. The Morgan fingerprint density at radius 1 is 1.24 bits per heavy atom. The van der Waals surface area contributed by atoms with Crippen molar-refractivity contribution >= 4 is 23.7 Å². The van der Waals surface area contributed by atoms with Crippen LogP contribution >= 0.6 is 11.8 Å². The molecule has 0 aliphatic rings. The van der Waals surface area contributed by atoms with Gasteiger partial charge in [0, 0.05) is 17.1 Å². The Hall–Kier alpha value is -2.61. The second kappa shape index (κ2) is 7.52. The van der Waals surface area contributed by atoms with Gasteiger partial charge in [0.2, 0.25) is 5.89 Å². The van der Waals surface area contributed by atoms with E-state index in [1.807, 2.05) is 44.4 Å². The first-order valence-electron chi connectivity index (χ1n) is 7.87. The van der Waals surface area contributed by atoms with Gasteiger partial charge in [0.15, 0.2) is 0 Å². The molecular weight excluding hydrogens is 338 g/mol. The summed E-state index contributed by atoms with van der Waals surface area (Å²) >= 11 is 1.69. The SMILES string of the molecule is CSc1ccc(Cc2nnc(NC(=O)c3ccnn3C(C)C)o2)cc1. The van der Waals surface area contributed by atoms with Gasteiger partial charge in [-0.3, -0.25) is 14.8 Å². The Labute approximate surface area is 149 Å². The summed E-state index contributed by atoms with van der Waals surface area (Å²) in [4.78, 5) is 13.5. The van der Waals surface area contributed by atoms with Crippen molar-refractivity contribution in [3.8, 4) is 0 Å². The van der Waals surface area contributed by atoms with Crippen LogP contribution in [0.2, 0.25) is 0 Å². The molecule has 3 aromatic rings. The smallest absolute Gasteiger partial charge is 0.322 e. The van der Waals surface area contributed by atoms with Gasteiger partial charge in [0.05, 0.1) is 6.42 Å². The summed E-state index contributed by atoms with van der Waals surface area (Å²) in [7, 11) is 0. The topological polar surface area (TPSA) is 85.8 Å². The molecule has 1 aromatic carbocycles. The molecule has 1 N–H and O–H groups in total. The van der Waals surface area contributed by atoms with E-state index >= 15 is 0 Å². The maximum atomic E-state index is 12.3. The molecule has 1 amide bonds. The standard InChI is InChI=1S/C17H19N5O2S/c1-11(2)22-14(8-9-18-22)16(23)19-17-21-20-15(24-17)10-12-4-6-13(25-3)7-5-12/h4-9,11H,10H2,1-3H3,(H,19,21,23). The molecule has 0 aliphatic carbocycles. The van der Waals surface area contributed by atoms with Crippen LogP contribution < -0.4 is 5.32 Å². The molecule has 130 valence electrons. The van der Waals surface area contributed by atoms with Crippen LogP contribution in [-0.4, -0.2) is 32.1 Å². The molecule has 0 fully saturated rings. The molecule has 8 heteroatoms. The third-order valence-corrected chi connectivity index (χ3v) is 4.34. The highest BCUT2D eigenvalue weighted by atomic mass is 32.2. The third kappa shape index (κ3) is 4.08. The van der Waals surface area contributed by atoms with Gasteiger partial charge in [-0.15, -0.1) is 16.9 Å². The summed E-state index contributed by atoms with van der Waals surface area (Å²) in [6.07, 6.45) is 4.14. The molecule has 0 unspecified atom stereocenters. The van der Waals surface area contributed by atoms with Crippen LogP contribution in [0.3, 0.4) is 0 Å². The van der Waals surface area contributed by atoms with Crippen LogP contribution in [0.1, 0.15) is 41.8 Å². The first-order valence-corrected chi connectivity index (χ1v) is 9.09. The minimum Gasteiger partial charge on any atom is -0.407 e. The molecule has 0 saturated carbocycles. The molecule has 3 rings (SSSR count). The lowest BCUT2D eigenvalue weighted by molar-refractivity contribution is 0.101. The minimum atomic E-state index is -0.328. The van der Waals surface area contributed by atoms with Crippen LogP contribution in [0, 0.1) is 0 Å². The largest absolute Gasteiger partial charge is 0.407 e. The fraction of sp³-hybridized carbons (Fsp3) is 0.294. The Balaban J connectivity index is 1.66. The normalized spacial score (nSPS) is 11.0. The minimum absolute atomic E-state index is 0.0808. The van der Waals surface area contributed by atoms with E-state index in [1.54, 1.807) is 28.7 Å². The Morgan fingerprint density at radius 3 is 2.68 bits per heavy atom. The average Bonchev–Trinajstić information content (AvgIpc) is 3.25. The fourth-order valence-corrected chi connectivity index (χ4v) is 2.77. The first kappa shape index (κ1) is 17.2.